The predicted molar refractivity (Wildman–Crippen MR) is 132 cm³/mol. The third-order valence-corrected chi connectivity index (χ3v) is 5.97. The SMILES string of the molecule is CCOc1cccc(/C(O)=C2/C(=O)C(=O)N(CCN(CC)CC)C2c2ccc(OC(C)=O)cc2)c1. The number of ketones is 1. The minimum Gasteiger partial charge on any atom is -0.507 e. The van der Waals surface area contributed by atoms with Crippen LogP contribution in [0.15, 0.2) is 54.1 Å². The monoisotopic (exact) mass is 480 g/mol. The molecule has 1 fully saturated rings. The van der Waals surface area contributed by atoms with Crippen molar-refractivity contribution in [3.05, 3.63) is 65.2 Å². The molecule has 1 aliphatic rings. The summed E-state index contributed by atoms with van der Waals surface area (Å²) >= 11 is 0. The lowest BCUT2D eigenvalue weighted by Crippen LogP contribution is -2.38. The second-order valence-electron chi connectivity index (χ2n) is 8.14. The van der Waals surface area contributed by atoms with Crippen molar-refractivity contribution in [1.82, 2.24) is 9.80 Å². The highest BCUT2D eigenvalue weighted by atomic mass is 16.5. The molecule has 35 heavy (non-hydrogen) atoms. The molecule has 2 aromatic rings. The van der Waals surface area contributed by atoms with E-state index in [1.54, 1.807) is 48.5 Å². The maximum atomic E-state index is 13.2. The van der Waals surface area contributed by atoms with Gasteiger partial charge in [0.2, 0.25) is 0 Å². The number of Topliss-reactive ketones (excluding diaryl/α,β-unsaturated/α-hetero) is 1. The Labute approximate surface area is 205 Å². The van der Waals surface area contributed by atoms with E-state index in [1.165, 1.54) is 11.8 Å². The van der Waals surface area contributed by atoms with E-state index in [9.17, 15) is 19.5 Å². The molecule has 1 heterocycles. The molecular weight excluding hydrogens is 448 g/mol. The Kier molecular flexibility index (Phi) is 8.65. The summed E-state index contributed by atoms with van der Waals surface area (Å²) in [6.45, 7) is 10.2. The first-order valence-electron chi connectivity index (χ1n) is 11.8. The number of rotatable bonds is 10. The van der Waals surface area contributed by atoms with Crippen molar-refractivity contribution in [3.8, 4) is 11.5 Å². The van der Waals surface area contributed by atoms with E-state index in [2.05, 4.69) is 4.90 Å². The molecule has 0 saturated carbocycles. The number of ether oxygens (including phenoxy) is 2. The normalized spacial score (nSPS) is 17.2. The van der Waals surface area contributed by atoms with Gasteiger partial charge in [0.05, 0.1) is 18.2 Å². The Morgan fingerprint density at radius 3 is 2.31 bits per heavy atom. The van der Waals surface area contributed by atoms with Crippen molar-refractivity contribution in [2.24, 2.45) is 0 Å². The zero-order chi connectivity index (χ0) is 25.5. The molecule has 1 unspecified atom stereocenters. The molecule has 8 heteroatoms. The summed E-state index contributed by atoms with van der Waals surface area (Å²) in [6, 6.07) is 12.6. The van der Waals surface area contributed by atoms with Gasteiger partial charge < -0.3 is 24.4 Å². The van der Waals surface area contributed by atoms with Crippen LogP contribution in [0.3, 0.4) is 0 Å². The third kappa shape index (κ3) is 5.89. The number of benzene rings is 2. The molecule has 3 rings (SSSR count). The van der Waals surface area contributed by atoms with Crippen LogP contribution < -0.4 is 9.47 Å². The number of hydrogen-bond acceptors (Lipinski definition) is 7. The van der Waals surface area contributed by atoms with Gasteiger partial charge in [-0.05, 0) is 49.8 Å². The minimum atomic E-state index is -0.785. The molecule has 0 spiro atoms. The van der Waals surface area contributed by atoms with Gasteiger partial charge in [-0.1, -0.05) is 38.1 Å². The van der Waals surface area contributed by atoms with Gasteiger partial charge in [0.15, 0.2) is 0 Å². The molecule has 2 aromatic carbocycles. The Hall–Kier alpha value is -3.65. The average Bonchev–Trinajstić information content (AvgIpc) is 3.09. The van der Waals surface area contributed by atoms with E-state index in [1.807, 2.05) is 20.8 Å². The molecule has 0 aromatic heterocycles. The summed E-state index contributed by atoms with van der Waals surface area (Å²) < 4.78 is 10.7. The first-order valence-corrected chi connectivity index (χ1v) is 11.8. The summed E-state index contributed by atoms with van der Waals surface area (Å²) in [6.07, 6.45) is 0. The van der Waals surface area contributed by atoms with E-state index < -0.39 is 23.7 Å². The zero-order valence-corrected chi connectivity index (χ0v) is 20.6. The maximum absolute atomic E-state index is 13.2. The van der Waals surface area contributed by atoms with Crippen LogP contribution in [-0.4, -0.2) is 65.4 Å². The van der Waals surface area contributed by atoms with Gasteiger partial charge in [-0.15, -0.1) is 0 Å². The van der Waals surface area contributed by atoms with E-state index in [0.717, 1.165) is 13.1 Å². The smallest absolute Gasteiger partial charge is 0.308 e. The molecule has 0 radical (unpaired) electrons. The molecule has 1 N–H and O–H groups in total. The first-order chi connectivity index (χ1) is 16.8. The van der Waals surface area contributed by atoms with E-state index in [-0.39, 0.29) is 11.3 Å². The fourth-order valence-corrected chi connectivity index (χ4v) is 4.19. The largest absolute Gasteiger partial charge is 0.507 e. The standard InChI is InChI=1S/C27H32N2O6/c1-5-28(6-2)15-16-29-24(19-11-13-21(14-12-19)35-18(4)30)23(26(32)27(29)33)25(31)20-9-8-10-22(17-20)34-7-3/h8-14,17,24,31H,5-7,15-16H2,1-4H3/b25-23-. The highest BCUT2D eigenvalue weighted by Crippen LogP contribution is 2.40. The summed E-state index contributed by atoms with van der Waals surface area (Å²) in [5, 5.41) is 11.2. The molecule has 186 valence electrons. The number of hydrogen-bond donors (Lipinski definition) is 1. The molecule has 1 atom stereocenters. The highest BCUT2D eigenvalue weighted by Gasteiger charge is 2.46. The van der Waals surface area contributed by atoms with Gasteiger partial charge in [-0.2, -0.15) is 0 Å². The minimum absolute atomic E-state index is 0.0171. The Morgan fingerprint density at radius 1 is 1.03 bits per heavy atom. The zero-order valence-electron chi connectivity index (χ0n) is 20.6. The lowest BCUT2D eigenvalue weighted by Gasteiger charge is -2.28. The molecule has 1 saturated heterocycles. The van der Waals surface area contributed by atoms with Crippen molar-refractivity contribution >= 4 is 23.4 Å². The summed E-state index contributed by atoms with van der Waals surface area (Å²) in [5.41, 5.74) is 1.03. The van der Waals surface area contributed by atoms with E-state index >= 15 is 0 Å². The van der Waals surface area contributed by atoms with Crippen molar-refractivity contribution in [2.45, 2.75) is 33.7 Å². The Morgan fingerprint density at radius 2 is 1.71 bits per heavy atom. The van der Waals surface area contributed by atoms with Crippen LogP contribution in [0.2, 0.25) is 0 Å². The summed E-state index contributed by atoms with van der Waals surface area (Å²) in [7, 11) is 0. The van der Waals surface area contributed by atoms with Gasteiger partial charge in [-0.3, -0.25) is 14.4 Å². The summed E-state index contributed by atoms with van der Waals surface area (Å²) in [5.74, 6) is -1.20. The molecule has 1 aliphatic heterocycles. The summed E-state index contributed by atoms with van der Waals surface area (Å²) in [4.78, 5) is 41.3. The molecule has 8 nitrogen and oxygen atoms in total. The van der Waals surface area contributed by atoms with Gasteiger partial charge in [0.1, 0.15) is 17.3 Å². The van der Waals surface area contributed by atoms with Crippen LogP contribution in [0.1, 0.15) is 44.9 Å². The van der Waals surface area contributed by atoms with Crippen LogP contribution >= 0.6 is 0 Å². The van der Waals surface area contributed by atoms with Crippen LogP contribution in [0, 0.1) is 0 Å². The van der Waals surface area contributed by atoms with Gasteiger partial charge >= 0.3 is 5.97 Å². The number of esters is 1. The Bertz CT molecular complexity index is 1100. The van der Waals surface area contributed by atoms with Crippen LogP contribution in [0.5, 0.6) is 11.5 Å². The highest BCUT2D eigenvalue weighted by molar-refractivity contribution is 6.46. The molecule has 1 amide bonds. The first kappa shape index (κ1) is 26.0. The number of aliphatic hydroxyl groups is 1. The lowest BCUT2D eigenvalue weighted by molar-refractivity contribution is -0.140. The molecule has 0 aliphatic carbocycles. The fourth-order valence-electron chi connectivity index (χ4n) is 4.19. The van der Waals surface area contributed by atoms with Crippen molar-refractivity contribution in [3.63, 3.8) is 0 Å². The number of aliphatic hydroxyl groups excluding tert-OH is 1. The topological polar surface area (TPSA) is 96.4 Å². The van der Waals surface area contributed by atoms with Gasteiger partial charge in [0, 0.05) is 25.6 Å². The lowest BCUT2D eigenvalue weighted by atomic mass is 9.95. The van der Waals surface area contributed by atoms with Crippen molar-refractivity contribution in [2.75, 3.05) is 32.8 Å². The van der Waals surface area contributed by atoms with Crippen molar-refractivity contribution in [1.29, 1.82) is 0 Å². The second kappa shape index (κ2) is 11.7. The quantitative estimate of drug-likeness (QED) is 0.182. The van der Waals surface area contributed by atoms with Crippen LogP contribution in [-0.2, 0) is 14.4 Å². The average molecular weight is 481 g/mol. The number of carbonyl (C=O) groups is 3. The van der Waals surface area contributed by atoms with E-state index in [0.29, 0.717) is 42.3 Å². The van der Waals surface area contributed by atoms with Crippen molar-refractivity contribution < 1.29 is 29.0 Å². The van der Waals surface area contributed by atoms with Crippen LogP contribution in [0.4, 0.5) is 0 Å². The van der Waals surface area contributed by atoms with Gasteiger partial charge in [-0.25, -0.2) is 0 Å². The predicted octanol–water partition coefficient (Wildman–Crippen LogP) is 3.77. The number of amides is 1. The Balaban J connectivity index is 2.08. The molecule has 0 bridgehead atoms. The fraction of sp³-hybridized carbons (Fsp3) is 0.370. The van der Waals surface area contributed by atoms with E-state index in [4.69, 9.17) is 9.47 Å². The molecular formula is C27H32N2O6. The van der Waals surface area contributed by atoms with Crippen LogP contribution in [0.25, 0.3) is 5.76 Å². The number of likely N-dealkylation sites (tertiary alicyclic amines) is 1. The number of carbonyl (C=O) groups excluding carboxylic acids is 3. The third-order valence-electron chi connectivity index (χ3n) is 5.97. The van der Waals surface area contributed by atoms with Gasteiger partial charge in [0.25, 0.3) is 11.7 Å². The second-order valence-corrected chi connectivity index (χ2v) is 8.14. The number of nitrogens with zero attached hydrogens (tertiary/aromatic N) is 2. The number of likely N-dealkylation sites (N-methyl/N-ethyl adjacent to an activating group) is 1. The maximum Gasteiger partial charge on any atom is 0.308 e.